The SMILES string of the molecule is Cc1c(C(=O)NCc2ccc(N3CCCC3=O)cc2)sc2ncn(C)c(=O)c12. The van der Waals surface area contributed by atoms with Crippen LogP contribution in [0.2, 0.25) is 0 Å². The molecule has 2 amide bonds. The summed E-state index contributed by atoms with van der Waals surface area (Å²) in [5.41, 5.74) is 2.34. The van der Waals surface area contributed by atoms with Crippen LogP contribution in [0.3, 0.4) is 0 Å². The number of benzene rings is 1. The zero-order valence-electron chi connectivity index (χ0n) is 15.7. The van der Waals surface area contributed by atoms with Crippen molar-refractivity contribution in [3.8, 4) is 0 Å². The predicted octanol–water partition coefficient (Wildman–Crippen LogP) is 2.36. The number of rotatable bonds is 4. The van der Waals surface area contributed by atoms with Crippen LogP contribution in [0.15, 0.2) is 35.4 Å². The number of carbonyl (C=O) groups excluding carboxylic acids is 2. The molecule has 0 spiro atoms. The van der Waals surface area contributed by atoms with Crippen LogP contribution < -0.4 is 15.8 Å². The molecular formula is C20H20N4O3S. The second-order valence-corrected chi connectivity index (χ2v) is 7.89. The molecule has 1 aromatic carbocycles. The Kier molecular flexibility index (Phi) is 4.72. The summed E-state index contributed by atoms with van der Waals surface area (Å²) in [7, 11) is 1.64. The maximum Gasteiger partial charge on any atom is 0.262 e. The Balaban J connectivity index is 1.48. The van der Waals surface area contributed by atoms with Gasteiger partial charge in [-0.15, -0.1) is 11.3 Å². The number of aromatic nitrogens is 2. The summed E-state index contributed by atoms with van der Waals surface area (Å²) in [6.45, 7) is 2.90. The Morgan fingerprint density at radius 2 is 2.00 bits per heavy atom. The zero-order valence-corrected chi connectivity index (χ0v) is 16.5. The van der Waals surface area contributed by atoms with Gasteiger partial charge in [-0.3, -0.25) is 14.4 Å². The number of hydrogen-bond donors (Lipinski definition) is 1. The maximum absolute atomic E-state index is 12.6. The Labute approximate surface area is 165 Å². The number of fused-ring (bicyclic) bond motifs is 1. The first-order valence-corrected chi connectivity index (χ1v) is 9.89. The summed E-state index contributed by atoms with van der Waals surface area (Å²) < 4.78 is 1.41. The lowest BCUT2D eigenvalue weighted by Gasteiger charge is -2.16. The van der Waals surface area contributed by atoms with Crippen molar-refractivity contribution in [3.63, 3.8) is 0 Å². The van der Waals surface area contributed by atoms with Crippen LogP contribution in [-0.4, -0.2) is 27.9 Å². The van der Waals surface area contributed by atoms with E-state index in [9.17, 15) is 14.4 Å². The van der Waals surface area contributed by atoms with Crippen molar-refractivity contribution in [1.29, 1.82) is 0 Å². The van der Waals surface area contributed by atoms with E-state index in [4.69, 9.17) is 0 Å². The van der Waals surface area contributed by atoms with Gasteiger partial charge in [0.2, 0.25) is 5.91 Å². The normalized spacial score (nSPS) is 14.1. The Bertz CT molecular complexity index is 1130. The highest BCUT2D eigenvalue weighted by atomic mass is 32.1. The monoisotopic (exact) mass is 396 g/mol. The predicted molar refractivity (Wildman–Crippen MR) is 109 cm³/mol. The van der Waals surface area contributed by atoms with E-state index in [0.717, 1.165) is 24.2 Å². The minimum absolute atomic E-state index is 0.148. The van der Waals surface area contributed by atoms with Gasteiger partial charge in [-0.25, -0.2) is 4.98 Å². The smallest absolute Gasteiger partial charge is 0.262 e. The molecule has 28 heavy (non-hydrogen) atoms. The van der Waals surface area contributed by atoms with Crippen LogP contribution in [0.1, 0.15) is 33.6 Å². The standard InChI is InChI=1S/C20H20N4O3S/c1-12-16-19(22-11-23(2)20(16)27)28-17(12)18(26)21-10-13-5-7-14(8-6-13)24-9-3-4-15(24)25/h5-8,11H,3-4,9-10H2,1-2H3,(H,21,26). The molecule has 1 saturated heterocycles. The molecule has 0 bridgehead atoms. The number of aryl methyl sites for hydroxylation is 2. The minimum atomic E-state index is -0.221. The van der Waals surface area contributed by atoms with Gasteiger partial charge in [-0.2, -0.15) is 0 Å². The van der Waals surface area contributed by atoms with Gasteiger partial charge in [0.15, 0.2) is 0 Å². The van der Waals surface area contributed by atoms with Crippen molar-refractivity contribution in [2.45, 2.75) is 26.3 Å². The van der Waals surface area contributed by atoms with Gasteiger partial charge in [0.1, 0.15) is 4.83 Å². The zero-order chi connectivity index (χ0) is 19.8. The highest BCUT2D eigenvalue weighted by molar-refractivity contribution is 7.20. The largest absolute Gasteiger partial charge is 0.347 e. The number of anilines is 1. The van der Waals surface area contributed by atoms with Gasteiger partial charge >= 0.3 is 0 Å². The van der Waals surface area contributed by atoms with Crippen LogP contribution >= 0.6 is 11.3 Å². The lowest BCUT2D eigenvalue weighted by Crippen LogP contribution is -2.24. The molecule has 8 heteroatoms. The molecule has 0 unspecified atom stereocenters. The van der Waals surface area contributed by atoms with Crippen LogP contribution in [0, 0.1) is 6.92 Å². The molecule has 0 radical (unpaired) electrons. The summed E-state index contributed by atoms with van der Waals surface area (Å²) in [6, 6.07) is 7.64. The topological polar surface area (TPSA) is 84.3 Å². The molecule has 0 saturated carbocycles. The molecule has 1 fully saturated rings. The van der Waals surface area contributed by atoms with E-state index < -0.39 is 0 Å². The van der Waals surface area contributed by atoms with Crippen molar-refractivity contribution in [3.05, 3.63) is 57.0 Å². The van der Waals surface area contributed by atoms with E-state index in [0.29, 0.717) is 33.6 Å². The third-order valence-corrected chi connectivity index (χ3v) is 6.19. The molecule has 1 aliphatic rings. The molecule has 3 heterocycles. The number of hydrogen-bond acceptors (Lipinski definition) is 5. The average Bonchev–Trinajstić information content (AvgIpc) is 3.27. The summed E-state index contributed by atoms with van der Waals surface area (Å²) in [5.74, 6) is -0.0672. The first-order chi connectivity index (χ1) is 13.5. The lowest BCUT2D eigenvalue weighted by atomic mass is 10.2. The molecule has 3 aromatic rings. The summed E-state index contributed by atoms with van der Waals surface area (Å²) >= 11 is 1.23. The molecule has 0 aliphatic carbocycles. The molecule has 1 N–H and O–H groups in total. The molecule has 144 valence electrons. The van der Waals surface area contributed by atoms with Crippen LogP contribution in [-0.2, 0) is 18.4 Å². The van der Waals surface area contributed by atoms with Gasteiger partial charge in [0.05, 0.1) is 16.6 Å². The van der Waals surface area contributed by atoms with Crippen molar-refractivity contribution >= 4 is 39.1 Å². The fourth-order valence-corrected chi connectivity index (χ4v) is 4.46. The van der Waals surface area contributed by atoms with E-state index in [1.807, 2.05) is 24.3 Å². The summed E-state index contributed by atoms with van der Waals surface area (Å²) in [6.07, 6.45) is 2.96. The quantitative estimate of drug-likeness (QED) is 0.734. The van der Waals surface area contributed by atoms with Crippen LogP contribution in [0.4, 0.5) is 5.69 Å². The van der Waals surface area contributed by atoms with E-state index in [1.54, 1.807) is 18.9 Å². The van der Waals surface area contributed by atoms with Gasteiger partial charge in [-0.05, 0) is 36.6 Å². The average molecular weight is 396 g/mol. The first-order valence-electron chi connectivity index (χ1n) is 9.08. The third-order valence-electron chi connectivity index (χ3n) is 4.99. The molecule has 2 aromatic heterocycles. The van der Waals surface area contributed by atoms with Crippen molar-refractivity contribution < 1.29 is 9.59 Å². The molecule has 4 rings (SSSR count). The van der Waals surface area contributed by atoms with Gasteiger partial charge in [0, 0.05) is 32.2 Å². The lowest BCUT2D eigenvalue weighted by molar-refractivity contribution is -0.117. The highest BCUT2D eigenvalue weighted by Crippen LogP contribution is 2.27. The number of thiophene rings is 1. The second-order valence-electron chi connectivity index (χ2n) is 6.90. The van der Waals surface area contributed by atoms with Crippen molar-refractivity contribution in [2.75, 3.05) is 11.4 Å². The minimum Gasteiger partial charge on any atom is -0.347 e. The second kappa shape index (κ2) is 7.20. The third kappa shape index (κ3) is 3.20. The summed E-state index contributed by atoms with van der Waals surface area (Å²) in [5, 5.41) is 3.40. The van der Waals surface area contributed by atoms with E-state index in [2.05, 4.69) is 10.3 Å². The fourth-order valence-electron chi connectivity index (χ4n) is 3.40. The van der Waals surface area contributed by atoms with E-state index in [-0.39, 0.29) is 17.4 Å². The Morgan fingerprint density at radius 3 is 2.68 bits per heavy atom. The summed E-state index contributed by atoms with van der Waals surface area (Å²) in [4.78, 5) is 43.9. The first kappa shape index (κ1) is 18.4. The van der Waals surface area contributed by atoms with Gasteiger partial charge in [-0.1, -0.05) is 12.1 Å². The number of carbonyl (C=O) groups is 2. The van der Waals surface area contributed by atoms with Gasteiger partial charge in [0.25, 0.3) is 11.5 Å². The molecule has 0 atom stereocenters. The maximum atomic E-state index is 12.6. The van der Waals surface area contributed by atoms with E-state index in [1.165, 1.54) is 22.2 Å². The molecular weight excluding hydrogens is 376 g/mol. The van der Waals surface area contributed by atoms with Crippen LogP contribution in [0.5, 0.6) is 0 Å². The number of nitrogens with one attached hydrogen (secondary N) is 1. The number of nitrogens with zero attached hydrogens (tertiary/aromatic N) is 3. The van der Waals surface area contributed by atoms with Crippen molar-refractivity contribution in [2.24, 2.45) is 7.05 Å². The molecule has 1 aliphatic heterocycles. The van der Waals surface area contributed by atoms with Crippen LogP contribution in [0.25, 0.3) is 10.2 Å². The number of amides is 2. The fraction of sp³-hybridized carbons (Fsp3) is 0.300. The highest BCUT2D eigenvalue weighted by Gasteiger charge is 2.22. The van der Waals surface area contributed by atoms with Crippen molar-refractivity contribution in [1.82, 2.24) is 14.9 Å². The molecule has 7 nitrogen and oxygen atoms in total. The van der Waals surface area contributed by atoms with E-state index >= 15 is 0 Å². The Hall–Kier alpha value is -3.00. The van der Waals surface area contributed by atoms with Gasteiger partial charge < -0.3 is 14.8 Å². The Morgan fingerprint density at radius 1 is 1.25 bits per heavy atom.